The molecule has 0 radical (unpaired) electrons. The Morgan fingerprint density at radius 3 is 2.33 bits per heavy atom. The van der Waals surface area contributed by atoms with Crippen LogP contribution in [0.3, 0.4) is 0 Å². The molecule has 1 aliphatic heterocycles. The third-order valence-electron chi connectivity index (χ3n) is 3.36. The minimum Gasteiger partial charge on any atom is -0.394 e. The summed E-state index contributed by atoms with van der Waals surface area (Å²) in [4.78, 5) is 9.28. The first kappa shape index (κ1) is 21.8. The summed E-state index contributed by atoms with van der Waals surface area (Å²) in [6, 6.07) is 0. The second-order valence-corrected chi connectivity index (χ2v) is 6.59. The Bertz CT molecular complexity index is 422. The Labute approximate surface area is 137 Å². The monoisotopic (exact) mass is 378 g/mol. The summed E-state index contributed by atoms with van der Waals surface area (Å²) in [5.41, 5.74) is 0. The van der Waals surface area contributed by atoms with Gasteiger partial charge >= 0.3 is 7.82 Å². The van der Waals surface area contributed by atoms with Crippen molar-refractivity contribution in [2.24, 2.45) is 0 Å². The lowest BCUT2D eigenvalue weighted by Crippen LogP contribution is -2.43. The van der Waals surface area contributed by atoms with E-state index in [1.165, 1.54) is 0 Å². The SMILES string of the molecule is COP(=O)(O)O[C@H]1[C@@H](O)[C@H](OC[C@H](O)[C@H](O)[C@H](O)CO)O[C@@H]1CO. The van der Waals surface area contributed by atoms with Gasteiger partial charge in [0.15, 0.2) is 6.29 Å². The van der Waals surface area contributed by atoms with Crippen LogP contribution in [0.15, 0.2) is 0 Å². The van der Waals surface area contributed by atoms with Gasteiger partial charge in [-0.05, 0) is 0 Å². The van der Waals surface area contributed by atoms with Gasteiger partial charge in [-0.15, -0.1) is 0 Å². The van der Waals surface area contributed by atoms with Crippen LogP contribution in [0.5, 0.6) is 0 Å². The normalized spacial score (nSPS) is 33.8. The van der Waals surface area contributed by atoms with Crippen molar-refractivity contribution in [2.75, 3.05) is 26.9 Å². The molecule has 1 saturated heterocycles. The van der Waals surface area contributed by atoms with Gasteiger partial charge in [-0.1, -0.05) is 0 Å². The number of phosphoric ester groups is 1. The smallest absolute Gasteiger partial charge is 0.394 e. The lowest BCUT2D eigenvalue weighted by Gasteiger charge is -2.24. The molecule has 13 heteroatoms. The molecule has 24 heavy (non-hydrogen) atoms. The number of hydrogen-bond acceptors (Lipinski definition) is 11. The van der Waals surface area contributed by atoms with E-state index in [1.54, 1.807) is 0 Å². The Morgan fingerprint density at radius 2 is 1.83 bits per heavy atom. The van der Waals surface area contributed by atoms with E-state index < -0.39 is 70.6 Å². The molecule has 0 amide bonds. The van der Waals surface area contributed by atoms with Crippen LogP contribution >= 0.6 is 7.82 Å². The van der Waals surface area contributed by atoms with E-state index in [2.05, 4.69) is 4.52 Å². The highest BCUT2D eigenvalue weighted by atomic mass is 31.2. The number of hydrogen-bond donors (Lipinski definition) is 7. The summed E-state index contributed by atoms with van der Waals surface area (Å²) < 4.78 is 30.5. The Kier molecular flexibility index (Phi) is 8.62. The maximum absolute atomic E-state index is 11.4. The molecule has 144 valence electrons. The zero-order valence-corrected chi connectivity index (χ0v) is 13.7. The van der Waals surface area contributed by atoms with E-state index in [1.807, 2.05) is 0 Å². The van der Waals surface area contributed by atoms with Gasteiger partial charge in [0.25, 0.3) is 0 Å². The lowest BCUT2D eigenvalue weighted by molar-refractivity contribution is -0.194. The van der Waals surface area contributed by atoms with Crippen molar-refractivity contribution in [3.63, 3.8) is 0 Å². The standard InChI is InChI=1S/C11H23O12P/c1-20-24(18,19)23-10-7(3-13)22-11(9(10)17)21-4-6(15)8(16)5(14)2-12/h5-17H,2-4H2,1H3,(H,18,19)/t5-,6+,7-,8-,9-,10-,11-/m1/s1. The van der Waals surface area contributed by atoms with Gasteiger partial charge < -0.3 is 45.0 Å². The van der Waals surface area contributed by atoms with Crippen molar-refractivity contribution in [3.05, 3.63) is 0 Å². The molecule has 12 nitrogen and oxygen atoms in total. The van der Waals surface area contributed by atoms with Crippen LogP contribution in [0.4, 0.5) is 0 Å². The summed E-state index contributed by atoms with van der Waals surface area (Å²) in [7, 11) is -3.55. The Hall–Kier alpha value is -0.210. The molecule has 1 heterocycles. The highest BCUT2D eigenvalue weighted by Crippen LogP contribution is 2.46. The van der Waals surface area contributed by atoms with Crippen LogP contribution in [0, 0.1) is 0 Å². The highest BCUT2D eigenvalue weighted by molar-refractivity contribution is 7.47. The summed E-state index contributed by atoms with van der Waals surface area (Å²) in [6.45, 7) is -2.06. The van der Waals surface area contributed by atoms with Gasteiger partial charge in [0.2, 0.25) is 0 Å². The van der Waals surface area contributed by atoms with Crippen molar-refractivity contribution >= 4 is 7.82 Å². The van der Waals surface area contributed by atoms with Crippen LogP contribution in [0.25, 0.3) is 0 Å². The van der Waals surface area contributed by atoms with Gasteiger partial charge in [-0.3, -0.25) is 9.05 Å². The van der Waals surface area contributed by atoms with Crippen LogP contribution in [0.2, 0.25) is 0 Å². The van der Waals surface area contributed by atoms with Gasteiger partial charge in [0, 0.05) is 7.11 Å². The van der Waals surface area contributed by atoms with E-state index >= 15 is 0 Å². The molecule has 1 fully saturated rings. The quantitative estimate of drug-likeness (QED) is 0.184. The van der Waals surface area contributed by atoms with Crippen molar-refractivity contribution in [3.8, 4) is 0 Å². The maximum atomic E-state index is 11.4. The van der Waals surface area contributed by atoms with E-state index in [0.717, 1.165) is 7.11 Å². The van der Waals surface area contributed by atoms with E-state index in [0.29, 0.717) is 0 Å². The van der Waals surface area contributed by atoms with Gasteiger partial charge in [-0.25, -0.2) is 4.57 Å². The number of aliphatic hydroxyl groups excluding tert-OH is 6. The molecule has 0 aromatic heterocycles. The first-order valence-corrected chi connectivity index (χ1v) is 8.44. The second-order valence-electron chi connectivity index (χ2n) is 5.08. The largest absolute Gasteiger partial charge is 0.472 e. The summed E-state index contributed by atoms with van der Waals surface area (Å²) in [5.74, 6) is 0. The fourth-order valence-corrected chi connectivity index (χ4v) is 2.63. The van der Waals surface area contributed by atoms with Crippen molar-refractivity contribution in [2.45, 2.75) is 42.9 Å². The van der Waals surface area contributed by atoms with E-state index in [-0.39, 0.29) is 0 Å². The van der Waals surface area contributed by atoms with E-state index in [9.17, 15) is 35.0 Å². The molecule has 0 bridgehead atoms. The molecule has 7 N–H and O–H groups in total. The van der Waals surface area contributed by atoms with Crippen LogP contribution in [-0.2, 0) is 23.1 Å². The minimum absolute atomic E-state index is 0.605. The maximum Gasteiger partial charge on any atom is 0.472 e. The summed E-state index contributed by atoms with van der Waals surface area (Å²) >= 11 is 0. The van der Waals surface area contributed by atoms with Crippen molar-refractivity contribution in [1.82, 2.24) is 0 Å². The molecule has 8 atom stereocenters. The summed E-state index contributed by atoms with van der Waals surface area (Å²) in [5, 5.41) is 56.1. The average Bonchev–Trinajstić information content (AvgIpc) is 2.86. The summed E-state index contributed by atoms with van der Waals surface area (Å²) in [6.07, 6.45) is -10.6. The first-order chi connectivity index (χ1) is 11.2. The molecule has 1 rings (SSSR count). The third kappa shape index (κ3) is 5.66. The van der Waals surface area contributed by atoms with Crippen molar-refractivity contribution < 1.29 is 58.6 Å². The van der Waals surface area contributed by atoms with Gasteiger partial charge in [0.1, 0.15) is 36.6 Å². The zero-order valence-electron chi connectivity index (χ0n) is 12.8. The molecule has 0 saturated carbocycles. The predicted octanol–water partition coefficient (Wildman–Crippen LogP) is -3.71. The third-order valence-corrected chi connectivity index (χ3v) is 4.33. The number of ether oxygens (including phenoxy) is 2. The Morgan fingerprint density at radius 1 is 1.21 bits per heavy atom. The topological polar surface area (TPSA) is 196 Å². The molecule has 0 aromatic rings. The fourth-order valence-electron chi connectivity index (χ4n) is 1.97. The fraction of sp³-hybridized carbons (Fsp3) is 1.00. The average molecular weight is 378 g/mol. The number of aliphatic hydroxyl groups is 6. The molecule has 1 unspecified atom stereocenters. The first-order valence-electron chi connectivity index (χ1n) is 6.94. The second kappa shape index (κ2) is 9.48. The molecule has 0 aliphatic carbocycles. The number of rotatable bonds is 10. The molecule has 0 spiro atoms. The molecule has 1 aliphatic rings. The van der Waals surface area contributed by atoms with Crippen LogP contribution in [-0.4, -0.2) is 105 Å². The Balaban J connectivity index is 2.62. The predicted molar refractivity (Wildman–Crippen MR) is 74.5 cm³/mol. The molecular formula is C11H23O12P. The van der Waals surface area contributed by atoms with Crippen LogP contribution < -0.4 is 0 Å². The van der Waals surface area contributed by atoms with E-state index in [4.69, 9.17) is 19.1 Å². The van der Waals surface area contributed by atoms with Crippen molar-refractivity contribution in [1.29, 1.82) is 0 Å². The molecule has 0 aromatic carbocycles. The van der Waals surface area contributed by atoms with Crippen LogP contribution in [0.1, 0.15) is 0 Å². The molecular weight excluding hydrogens is 355 g/mol. The van der Waals surface area contributed by atoms with Gasteiger partial charge in [-0.2, -0.15) is 0 Å². The van der Waals surface area contributed by atoms with Gasteiger partial charge in [0.05, 0.1) is 19.8 Å². The highest BCUT2D eigenvalue weighted by Gasteiger charge is 2.48. The zero-order chi connectivity index (χ0) is 18.5. The minimum atomic E-state index is -4.46. The lowest BCUT2D eigenvalue weighted by atomic mass is 10.1. The number of phosphoric acid groups is 1.